The van der Waals surface area contributed by atoms with E-state index in [1.807, 2.05) is 27.7 Å². The molecule has 0 bridgehead atoms. The second kappa shape index (κ2) is 8.44. The van der Waals surface area contributed by atoms with Crippen LogP contribution in [0.4, 0.5) is 13.6 Å². The zero-order chi connectivity index (χ0) is 14.1. The van der Waals surface area contributed by atoms with E-state index in [-0.39, 0.29) is 6.61 Å². The summed E-state index contributed by atoms with van der Waals surface area (Å²) in [5.41, 5.74) is 0.495. The van der Waals surface area contributed by atoms with Gasteiger partial charge in [0.15, 0.2) is 11.6 Å². The Labute approximate surface area is 106 Å². The number of ether oxygens (including phenoxy) is 1. The first-order chi connectivity index (χ1) is 8.66. The van der Waals surface area contributed by atoms with Crippen LogP contribution in [0.3, 0.4) is 0 Å². The Hall–Kier alpha value is -1.65. The topological polar surface area (TPSA) is 38.3 Å². The molecular formula is C13H19F2NO2. The van der Waals surface area contributed by atoms with Crippen LogP contribution in [0.5, 0.6) is 0 Å². The molecular weight excluding hydrogens is 240 g/mol. The van der Waals surface area contributed by atoms with E-state index < -0.39 is 23.8 Å². The third kappa shape index (κ3) is 4.31. The molecule has 1 saturated heterocycles. The lowest BCUT2D eigenvalue weighted by molar-refractivity contribution is 0.177. The molecule has 1 aliphatic heterocycles. The number of benzene rings is 1. The number of carbonyl (C=O) groups excluding carboxylic acids is 1. The molecule has 3 nitrogen and oxygen atoms in total. The van der Waals surface area contributed by atoms with Crippen LogP contribution in [0, 0.1) is 11.6 Å². The number of amides is 1. The Kier molecular flexibility index (Phi) is 7.67. The summed E-state index contributed by atoms with van der Waals surface area (Å²) in [7, 11) is 0. The van der Waals surface area contributed by atoms with E-state index in [2.05, 4.69) is 10.1 Å². The Bertz CT molecular complexity index is 383. The zero-order valence-corrected chi connectivity index (χ0v) is 11.1. The fourth-order valence-electron chi connectivity index (χ4n) is 1.29. The number of rotatable bonds is 1. The van der Waals surface area contributed by atoms with Crippen molar-refractivity contribution in [2.75, 3.05) is 6.61 Å². The fraction of sp³-hybridized carbons (Fsp3) is 0.462. The summed E-state index contributed by atoms with van der Waals surface area (Å²) in [6.45, 7) is 8.14. The van der Waals surface area contributed by atoms with Crippen LogP contribution in [0.2, 0.25) is 0 Å². The summed E-state index contributed by atoms with van der Waals surface area (Å²) in [6, 6.07) is 3.10. The Morgan fingerprint density at radius 2 is 1.78 bits per heavy atom. The monoisotopic (exact) mass is 259 g/mol. The molecule has 0 unspecified atom stereocenters. The van der Waals surface area contributed by atoms with Crippen molar-refractivity contribution in [1.29, 1.82) is 0 Å². The van der Waals surface area contributed by atoms with Gasteiger partial charge in [0.2, 0.25) is 0 Å². The molecule has 1 fully saturated rings. The van der Waals surface area contributed by atoms with Crippen molar-refractivity contribution in [1.82, 2.24) is 5.32 Å². The van der Waals surface area contributed by atoms with Gasteiger partial charge in [0, 0.05) is 0 Å². The minimum atomic E-state index is -0.927. The van der Waals surface area contributed by atoms with Crippen molar-refractivity contribution in [3.8, 4) is 0 Å². The van der Waals surface area contributed by atoms with E-state index in [0.717, 1.165) is 12.1 Å². The van der Waals surface area contributed by atoms with Crippen LogP contribution in [0.1, 0.15) is 39.3 Å². The summed E-state index contributed by atoms with van der Waals surface area (Å²) < 4.78 is 30.0. The van der Waals surface area contributed by atoms with Crippen LogP contribution in [0.15, 0.2) is 18.2 Å². The van der Waals surface area contributed by atoms with E-state index in [9.17, 15) is 13.6 Å². The molecule has 18 heavy (non-hydrogen) atoms. The van der Waals surface area contributed by atoms with Gasteiger partial charge in [-0.1, -0.05) is 33.8 Å². The van der Waals surface area contributed by atoms with E-state index in [4.69, 9.17) is 0 Å². The molecule has 1 N–H and O–H groups in total. The first-order valence-corrected chi connectivity index (χ1v) is 6.05. The maximum Gasteiger partial charge on any atom is 0.407 e. The van der Waals surface area contributed by atoms with E-state index >= 15 is 0 Å². The van der Waals surface area contributed by atoms with Crippen LogP contribution in [-0.2, 0) is 4.74 Å². The average Bonchev–Trinajstić information content (AvgIpc) is 2.84. The SMILES string of the molecule is CC.CC.O=C1N[C@@H](c2ccc(F)c(F)c2)CO1. The number of halogens is 2. The molecule has 1 amide bonds. The quantitative estimate of drug-likeness (QED) is 0.833. The zero-order valence-electron chi connectivity index (χ0n) is 11.1. The normalized spacial score (nSPS) is 16.6. The maximum atomic E-state index is 12.8. The lowest BCUT2D eigenvalue weighted by Crippen LogP contribution is -2.18. The standard InChI is InChI=1S/C9H7F2NO2.2C2H6/c10-6-2-1-5(3-7(6)11)8-4-14-9(13)12-8;2*1-2/h1-3,8H,4H2,(H,12,13);2*1-2H3/t8-;;/m1../s1. The van der Waals surface area contributed by atoms with Gasteiger partial charge in [0.25, 0.3) is 0 Å². The van der Waals surface area contributed by atoms with Crippen LogP contribution < -0.4 is 5.32 Å². The highest BCUT2D eigenvalue weighted by atomic mass is 19.2. The number of cyclic esters (lactones) is 1. The second-order valence-corrected chi connectivity index (χ2v) is 2.97. The van der Waals surface area contributed by atoms with E-state index in [1.165, 1.54) is 6.07 Å². The van der Waals surface area contributed by atoms with Gasteiger partial charge < -0.3 is 10.1 Å². The van der Waals surface area contributed by atoms with Crippen molar-refractivity contribution in [3.63, 3.8) is 0 Å². The summed E-state index contributed by atoms with van der Waals surface area (Å²) in [6.07, 6.45) is -0.542. The molecule has 1 heterocycles. The molecule has 1 aliphatic rings. The van der Waals surface area contributed by atoms with Gasteiger partial charge >= 0.3 is 6.09 Å². The smallest absolute Gasteiger partial charge is 0.407 e. The maximum absolute atomic E-state index is 12.8. The van der Waals surface area contributed by atoms with Crippen LogP contribution in [-0.4, -0.2) is 12.7 Å². The van der Waals surface area contributed by atoms with Gasteiger partial charge in [0.1, 0.15) is 6.61 Å². The molecule has 1 aromatic rings. The number of hydrogen-bond donors (Lipinski definition) is 1. The average molecular weight is 259 g/mol. The van der Waals surface area contributed by atoms with Gasteiger partial charge in [-0.3, -0.25) is 0 Å². The van der Waals surface area contributed by atoms with E-state index in [0.29, 0.717) is 5.56 Å². The van der Waals surface area contributed by atoms with Crippen LogP contribution >= 0.6 is 0 Å². The van der Waals surface area contributed by atoms with Crippen molar-refractivity contribution in [2.45, 2.75) is 33.7 Å². The number of nitrogens with one attached hydrogen (secondary N) is 1. The minimum Gasteiger partial charge on any atom is -0.447 e. The first-order valence-electron chi connectivity index (χ1n) is 6.05. The molecule has 0 radical (unpaired) electrons. The summed E-state index contributed by atoms with van der Waals surface area (Å²) in [4.78, 5) is 10.7. The van der Waals surface area contributed by atoms with Crippen molar-refractivity contribution in [3.05, 3.63) is 35.4 Å². The molecule has 1 aromatic carbocycles. The van der Waals surface area contributed by atoms with E-state index in [1.54, 1.807) is 0 Å². The molecule has 0 saturated carbocycles. The molecule has 0 spiro atoms. The summed E-state index contributed by atoms with van der Waals surface area (Å²) in [5, 5.41) is 2.47. The van der Waals surface area contributed by atoms with Gasteiger partial charge in [-0.15, -0.1) is 0 Å². The fourth-order valence-corrected chi connectivity index (χ4v) is 1.29. The summed E-state index contributed by atoms with van der Waals surface area (Å²) >= 11 is 0. The molecule has 1 atom stereocenters. The van der Waals surface area contributed by atoms with Crippen molar-refractivity contribution < 1.29 is 18.3 Å². The molecule has 0 aromatic heterocycles. The van der Waals surface area contributed by atoms with Gasteiger partial charge in [0.05, 0.1) is 6.04 Å². The highest BCUT2D eigenvalue weighted by Gasteiger charge is 2.24. The van der Waals surface area contributed by atoms with Gasteiger partial charge in [-0.2, -0.15) is 0 Å². The van der Waals surface area contributed by atoms with Crippen molar-refractivity contribution in [2.24, 2.45) is 0 Å². The second-order valence-electron chi connectivity index (χ2n) is 2.97. The molecule has 5 heteroatoms. The lowest BCUT2D eigenvalue weighted by Gasteiger charge is -2.07. The third-order valence-electron chi connectivity index (χ3n) is 2.02. The predicted octanol–water partition coefficient (Wildman–Crippen LogP) is 3.80. The Morgan fingerprint density at radius 3 is 2.22 bits per heavy atom. The van der Waals surface area contributed by atoms with Crippen molar-refractivity contribution >= 4 is 6.09 Å². The Morgan fingerprint density at radius 1 is 1.17 bits per heavy atom. The highest BCUT2D eigenvalue weighted by molar-refractivity contribution is 5.70. The van der Waals surface area contributed by atoms with Crippen LogP contribution in [0.25, 0.3) is 0 Å². The Balaban J connectivity index is 0.000000659. The predicted molar refractivity (Wildman–Crippen MR) is 66.3 cm³/mol. The molecule has 0 aliphatic carbocycles. The first kappa shape index (κ1) is 16.4. The largest absolute Gasteiger partial charge is 0.447 e. The highest BCUT2D eigenvalue weighted by Crippen LogP contribution is 2.19. The summed E-state index contributed by atoms with van der Waals surface area (Å²) in [5.74, 6) is -1.83. The molecule has 102 valence electrons. The number of alkyl carbamates (subject to hydrolysis) is 1. The lowest BCUT2D eigenvalue weighted by atomic mass is 10.1. The minimum absolute atomic E-state index is 0.143. The van der Waals surface area contributed by atoms with Gasteiger partial charge in [-0.05, 0) is 17.7 Å². The number of hydrogen-bond acceptors (Lipinski definition) is 2. The third-order valence-corrected chi connectivity index (χ3v) is 2.02. The number of carbonyl (C=O) groups is 1. The van der Waals surface area contributed by atoms with Gasteiger partial charge in [-0.25, -0.2) is 13.6 Å². The molecule has 2 rings (SSSR count).